The molecule has 0 bridgehead atoms. The minimum absolute atomic E-state index is 0.219. The second kappa shape index (κ2) is 6.31. The average molecular weight is 260 g/mol. The minimum atomic E-state index is -1.33. The quantitative estimate of drug-likeness (QED) is 0.415. The summed E-state index contributed by atoms with van der Waals surface area (Å²) in [7, 11) is 1.14. The Kier molecular flexibility index (Phi) is 5.05. The van der Waals surface area contributed by atoms with Crippen molar-refractivity contribution in [1.82, 2.24) is 10.6 Å². The van der Waals surface area contributed by atoms with Crippen LogP contribution in [-0.2, 0) is 19.1 Å². The molecule has 0 aromatic heterocycles. The lowest BCUT2D eigenvalue weighted by Crippen LogP contribution is -2.49. The molecule has 102 valence electrons. The van der Waals surface area contributed by atoms with E-state index in [9.17, 15) is 19.5 Å². The van der Waals surface area contributed by atoms with Crippen LogP contribution in [0.15, 0.2) is 0 Å². The molecule has 1 aliphatic rings. The number of aliphatic hydroxyl groups is 1. The standard InChI is InChI=1S/C10H16N2O6/c1-18-8(14)3-7(10(16)17)12-9(15)6-2-5(13)4-11-6/h5-7,11,13H,2-4H2,1H3,(H,12,15)(H,16,17)/t5?,6?,7-/m0/s1. The van der Waals surface area contributed by atoms with Gasteiger partial charge in [-0.3, -0.25) is 9.59 Å². The van der Waals surface area contributed by atoms with E-state index in [0.717, 1.165) is 7.11 Å². The number of carbonyl (C=O) groups is 3. The van der Waals surface area contributed by atoms with Crippen LogP contribution in [0.3, 0.4) is 0 Å². The monoisotopic (exact) mass is 260 g/mol. The zero-order valence-electron chi connectivity index (χ0n) is 9.88. The molecular formula is C10H16N2O6. The van der Waals surface area contributed by atoms with Gasteiger partial charge in [0.05, 0.1) is 25.7 Å². The maximum Gasteiger partial charge on any atom is 0.326 e. The van der Waals surface area contributed by atoms with Crippen LogP contribution in [0.1, 0.15) is 12.8 Å². The number of β-amino-alcohol motifs (C(OH)–C–C–N with tert-alkyl or cyclic N) is 1. The molecule has 8 heteroatoms. The third-order valence-corrected chi connectivity index (χ3v) is 2.64. The Bertz CT molecular complexity index is 345. The van der Waals surface area contributed by atoms with Crippen LogP contribution in [0.2, 0.25) is 0 Å². The van der Waals surface area contributed by atoms with Gasteiger partial charge in [0.1, 0.15) is 6.04 Å². The Hall–Kier alpha value is -1.67. The van der Waals surface area contributed by atoms with Gasteiger partial charge in [0.15, 0.2) is 0 Å². The first-order valence-electron chi connectivity index (χ1n) is 5.45. The molecule has 1 heterocycles. The van der Waals surface area contributed by atoms with E-state index in [1.165, 1.54) is 0 Å². The Balaban J connectivity index is 2.52. The van der Waals surface area contributed by atoms with Crippen molar-refractivity contribution in [1.29, 1.82) is 0 Å². The second-order valence-electron chi connectivity index (χ2n) is 4.03. The number of esters is 1. The Labute approximate surface area is 103 Å². The minimum Gasteiger partial charge on any atom is -0.480 e. The van der Waals surface area contributed by atoms with E-state index in [0.29, 0.717) is 0 Å². The topological polar surface area (TPSA) is 125 Å². The van der Waals surface area contributed by atoms with Crippen LogP contribution in [0.5, 0.6) is 0 Å². The van der Waals surface area contributed by atoms with Gasteiger partial charge in [0, 0.05) is 6.54 Å². The highest BCUT2D eigenvalue weighted by molar-refractivity contribution is 5.89. The van der Waals surface area contributed by atoms with E-state index in [4.69, 9.17) is 5.11 Å². The molecule has 0 aliphatic carbocycles. The first kappa shape index (κ1) is 14.4. The van der Waals surface area contributed by atoms with Gasteiger partial charge in [-0.1, -0.05) is 0 Å². The van der Waals surface area contributed by atoms with Crippen molar-refractivity contribution in [3.63, 3.8) is 0 Å². The second-order valence-corrected chi connectivity index (χ2v) is 4.03. The summed E-state index contributed by atoms with van der Waals surface area (Å²) in [4.78, 5) is 33.5. The van der Waals surface area contributed by atoms with Gasteiger partial charge in [-0.15, -0.1) is 0 Å². The van der Waals surface area contributed by atoms with E-state index in [-0.39, 0.29) is 13.0 Å². The molecule has 1 rings (SSSR count). The van der Waals surface area contributed by atoms with Crippen molar-refractivity contribution < 1.29 is 29.3 Å². The number of hydrogen-bond acceptors (Lipinski definition) is 6. The van der Waals surface area contributed by atoms with Crippen molar-refractivity contribution in [2.24, 2.45) is 0 Å². The molecule has 0 spiro atoms. The van der Waals surface area contributed by atoms with E-state index < -0.39 is 42.5 Å². The van der Waals surface area contributed by atoms with E-state index in [2.05, 4.69) is 15.4 Å². The van der Waals surface area contributed by atoms with Gasteiger partial charge in [0.25, 0.3) is 0 Å². The van der Waals surface area contributed by atoms with Gasteiger partial charge in [0.2, 0.25) is 5.91 Å². The van der Waals surface area contributed by atoms with E-state index >= 15 is 0 Å². The van der Waals surface area contributed by atoms with Crippen LogP contribution in [0, 0.1) is 0 Å². The number of amides is 1. The molecule has 1 amide bonds. The molecular weight excluding hydrogens is 244 g/mol. The molecule has 2 unspecified atom stereocenters. The highest BCUT2D eigenvalue weighted by atomic mass is 16.5. The van der Waals surface area contributed by atoms with E-state index in [1.807, 2.05) is 0 Å². The smallest absolute Gasteiger partial charge is 0.326 e. The molecule has 3 atom stereocenters. The summed E-state index contributed by atoms with van der Waals surface area (Å²) in [6.45, 7) is 0.285. The SMILES string of the molecule is COC(=O)C[C@H](NC(=O)C1CC(O)CN1)C(=O)O. The van der Waals surface area contributed by atoms with Crippen molar-refractivity contribution in [2.75, 3.05) is 13.7 Å². The fourth-order valence-electron chi connectivity index (χ4n) is 1.64. The lowest BCUT2D eigenvalue weighted by atomic mass is 10.1. The van der Waals surface area contributed by atoms with Gasteiger partial charge in [-0.05, 0) is 6.42 Å². The van der Waals surface area contributed by atoms with E-state index in [1.54, 1.807) is 0 Å². The molecule has 18 heavy (non-hydrogen) atoms. The van der Waals surface area contributed by atoms with Crippen LogP contribution < -0.4 is 10.6 Å². The summed E-state index contributed by atoms with van der Waals surface area (Å²) in [5, 5.41) is 23.1. The Morgan fingerprint density at radius 1 is 1.50 bits per heavy atom. The summed E-state index contributed by atoms with van der Waals surface area (Å²) >= 11 is 0. The first-order chi connectivity index (χ1) is 8.43. The number of carboxylic acids is 1. The van der Waals surface area contributed by atoms with Gasteiger partial charge in [-0.2, -0.15) is 0 Å². The molecule has 1 fully saturated rings. The van der Waals surface area contributed by atoms with Crippen molar-refractivity contribution in [3.8, 4) is 0 Å². The molecule has 1 aliphatic heterocycles. The average Bonchev–Trinajstić information content (AvgIpc) is 2.74. The van der Waals surface area contributed by atoms with Crippen molar-refractivity contribution in [3.05, 3.63) is 0 Å². The number of carbonyl (C=O) groups excluding carboxylic acids is 2. The molecule has 0 aromatic carbocycles. The predicted molar refractivity (Wildman–Crippen MR) is 58.6 cm³/mol. The molecule has 1 saturated heterocycles. The summed E-state index contributed by atoms with van der Waals surface area (Å²) in [6.07, 6.45) is -0.840. The molecule has 0 aromatic rings. The molecule has 0 radical (unpaired) electrons. The number of rotatable bonds is 5. The van der Waals surface area contributed by atoms with Gasteiger partial charge < -0.3 is 25.6 Å². The largest absolute Gasteiger partial charge is 0.480 e. The summed E-state index contributed by atoms with van der Waals surface area (Å²) in [5.41, 5.74) is 0. The predicted octanol–water partition coefficient (Wildman–Crippen LogP) is -2.16. The molecule has 4 N–H and O–H groups in total. The number of methoxy groups -OCH3 is 1. The lowest BCUT2D eigenvalue weighted by molar-refractivity contribution is -0.148. The Morgan fingerprint density at radius 3 is 2.61 bits per heavy atom. The lowest BCUT2D eigenvalue weighted by Gasteiger charge is -2.16. The highest BCUT2D eigenvalue weighted by Crippen LogP contribution is 2.07. The zero-order valence-corrected chi connectivity index (χ0v) is 9.88. The van der Waals surface area contributed by atoms with Crippen molar-refractivity contribution >= 4 is 17.8 Å². The third-order valence-electron chi connectivity index (χ3n) is 2.64. The number of hydrogen-bond donors (Lipinski definition) is 4. The summed E-state index contributed by atoms with van der Waals surface area (Å²) < 4.78 is 4.35. The normalized spacial score (nSPS) is 24.3. The zero-order chi connectivity index (χ0) is 13.7. The van der Waals surface area contributed by atoms with Gasteiger partial charge >= 0.3 is 11.9 Å². The van der Waals surface area contributed by atoms with Crippen molar-refractivity contribution in [2.45, 2.75) is 31.0 Å². The first-order valence-corrected chi connectivity index (χ1v) is 5.45. The molecule has 8 nitrogen and oxygen atoms in total. The van der Waals surface area contributed by atoms with Crippen LogP contribution in [0.4, 0.5) is 0 Å². The van der Waals surface area contributed by atoms with Crippen LogP contribution in [-0.4, -0.2) is 59.9 Å². The number of aliphatic carboxylic acids is 1. The fraction of sp³-hybridized carbons (Fsp3) is 0.700. The number of carboxylic acid groups (broad SMARTS) is 1. The maximum absolute atomic E-state index is 11.7. The maximum atomic E-state index is 11.7. The van der Waals surface area contributed by atoms with Crippen LogP contribution in [0.25, 0.3) is 0 Å². The highest BCUT2D eigenvalue weighted by Gasteiger charge is 2.31. The van der Waals surface area contributed by atoms with Gasteiger partial charge in [-0.25, -0.2) is 4.79 Å². The fourth-order valence-corrected chi connectivity index (χ4v) is 1.64. The Morgan fingerprint density at radius 2 is 2.17 bits per heavy atom. The summed E-state index contributed by atoms with van der Waals surface area (Å²) in [6, 6.07) is -1.97. The number of ether oxygens (including phenoxy) is 1. The number of nitrogens with one attached hydrogen (secondary N) is 2. The van der Waals surface area contributed by atoms with Crippen LogP contribution >= 0.6 is 0 Å². The third kappa shape index (κ3) is 3.97. The molecule has 0 saturated carbocycles. The summed E-state index contributed by atoms with van der Waals surface area (Å²) in [5.74, 6) is -2.59. The number of aliphatic hydroxyl groups excluding tert-OH is 1.